The van der Waals surface area contributed by atoms with Crippen molar-refractivity contribution in [2.24, 2.45) is 0 Å². The van der Waals surface area contributed by atoms with Gasteiger partial charge in [-0.25, -0.2) is 0 Å². The maximum Gasteiger partial charge on any atom is 0.166 e. The first-order valence-electron chi connectivity index (χ1n) is 7.02. The quantitative estimate of drug-likeness (QED) is 0.688. The molecule has 0 atom stereocenters. The summed E-state index contributed by atoms with van der Waals surface area (Å²) in [7, 11) is 0. The molecule has 0 fully saturated rings. The van der Waals surface area contributed by atoms with Crippen LogP contribution in [-0.4, -0.2) is 10.9 Å². The fourth-order valence-corrected chi connectivity index (χ4v) is 2.35. The lowest BCUT2D eigenvalue weighted by Crippen LogP contribution is -2.07. The van der Waals surface area contributed by atoms with E-state index in [-0.39, 0.29) is 0 Å². The van der Waals surface area contributed by atoms with Gasteiger partial charge in [0.05, 0.1) is 5.69 Å². The summed E-state index contributed by atoms with van der Waals surface area (Å²) in [5, 5.41) is 0. The first-order valence-corrected chi connectivity index (χ1v) is 7.02. The Morgan fingerprint density at radius 3 is 2.53 bits per heavy atom. The highest BCUT2D eigenvalue weighted by Crippen LogP contribution is 2.13. The SMILES string of the molecule is CCCCn1c(C=O)ccc1CCc1ccccc1. The number of aldehydes is 1. The van der Waals surface area contributed by atoms with Crippen LogP contribution in [0.15, 0.2) is 42.5 Å². The Hall–Kier alpha value is -1.83. The molecule has 1 aromatic heterocycles. The highest BCUT2D eigenvalue weighted by molar-refractivity contribution is 5.72. The minimum Gasteiger partial charge on any atom is -0.342 e. The molecule has 100 valence electrons. The lowest BCUT2D eigenvalue weighted by molar-refractivity contribution is 0.111. The van der Waals surface area contributed by atoms with E-state index in [1.54, 1.807) is 0 Å². The third-order valence-corrected chi connectivity index (χ3v) is 3.47. The number of nitrogens with zero attached hydrogens (tertiary/aromatic N) is 1. The Balaban J connectivity index is 2.07. The summed E-state index contributed by atoms with van der Waals surface area (Å²) >= 11 is 0. The zero-order valence-electron chi connectivity index (χ0n) is 11.5. The number of rotatable bonds is 7. The molecule has 2 aromatic rings. The Kier molecular flexibility index (Phi) is 4.96. The van der Waals surface area contributed by atoms with Crippen LogP contribution >= 0.6 is 0 Å². The molecular weight excluding hydrogens is 234 g/mol. The predicted molar refractivity (Wildman–Crippen MR) is 78.6 cm³/mol. The fraction of sp³-hybridized carbons (Fsp3) is 0.353. The van der Waals surface area contributed by atoms with Crippen LogP contribution in [0.2, 0.25) is 0 Å². The number of aromatic nitrogens is 1. The van der Waals surface area contributed by atoms with Gasteiger partial charge in [0.15, 0.2) is 6.29 Å². The van der Waals surface area contributed by atoms with Crippen LogP contribution in [-0.2, 0) is 19.4 Å². The molecule has 0 spiro atoms. The van der Waals surface area contributed by atoms with Crippen molar-refractivity contribution in [2.45, 2.75) is 39.2 Å². The zero-order valence-corrected chi connectivity index (χ0v) is 11.5. The smallest absolute Gasteiger partial charge is 0.166 e. The van der Waals surface area contributed by atoms with Crippen molar-refractivity contribution in [2.75, 3.05) is 0 Å². The van der Waals surface area contributed by atoms with Crippen LogP contribution < -0.4 is 0 Å². The first kappa shape index (κ1) is 13.6. The summed E-state index contributed by atoms with van der Waals surface area (Å²) in [5.41, 5.74) is 3.41. The number of carbonyl (C=O) groups is 1. The summed E-state index contributed by atoms with van der Waals surface area (Å²) in [4.78, 5) is 11.1. The van der Waals surface area contributed by atoms with E-state index < -0.39 is 0 Å². The number of unbranched alkanes of at least 4 members (excludes halogenated alkanes) is 1. The van der Waals surface area contributed by atoms with E-state index in [9.17, 15) is 4.79 Å². The lowest BCUT2D eigenvalue weighted by atomic mass is 10.1. The van der Waals surface area contributed by atoms with E-state index in [4.69, 9.17) is 0 Å². The molecule has 0 N–H and O–H groups in total. The van der Waals surface area contributed by atoms with Crippen molar-refractivity contribution in [3.8, 4) is 0 Å². The minimum absolute atomic E-state index is 0.802. The van der Waals surface area contributed by atoms with Crippen molar-refractivity contribution < 1.29 is 4.79 Å². The van der Waals surface area contributed by atoms with Gasteiger partial charge in [-0.2, -0.15) is 0 Å². The van der Waals surface area contributed by atoms with Crippen LogP contribution in [0.5, 0.6) is 0 Å². The van der Waals surface area contributed by atoms with Gasteiger partial charge in [-0.1, -0.05) is 43.7 Å². The van der Waals surface area contributed by atoms with E-state index in [1.807, 2.05) is 12.1 Å². The van der Waals surface area contributed by atoms with Crippen LogP contribution in [0.3, 0.4) is 0 Å². The molecule has 0 saturated carbocycles. The second-order valence-electron chi connectivity index (χ2n) is 4.86. The Labute approximate surface area is 115 Å². The largest absolute Gasteiger partial charge is 0.342 e. The van der Waals surface area contributed by atoms with Gasteiger partial charge in [0.2, 0.25) is 0 Å². The molecule has 1 heterocycles. The molecule has 0 saturated heterocycles. The molecule has 0 bridgehead atoms. The van der Waals surface area contributed by atoms with Gasteiger partial charge in [0.25, 0.3) is 0 Å². The highest BCUT2D eigenvalue weighted by atomic mass is 16.1. The summed E-state index contributed by atoms with van der Waals surface area (Å²) in [6.07, 6.45) is 5.24. The summed E-state index contributed by atoms with van der Waals surface area (Å²) in [6.45, 7) is 3.12. The van der Waals surface area contributed by atoms with Crippen LogP contribution in [0.1, 0.15) is 41.5 Å². The minimum atomic E-state index is 0.802. The van der Waals surface area contributed by atoms with Gasteiger partial charge in [-0.05, 0) is 37.0 Å². The molecule has 19 heavy (non-hydrogen) atoms. The van der Waals surface area contributed by atoms with Crippen molar-refractivity contribution in [1.29, 1.82) is 0 Å². The monoisotopic (exact) mass is 255 g/mol. The molecule has 0 aliphatic rings. The van der Waals surface area contributed by atoms with Gasteiger partial charge in [0.1, 0.15) is 0 Å². The van der Waals surface area contributed by atoms with Gasteiger partial charge < -0.3 is 4.57 Å². The summed E-state index contributed by atoms with van der Waals surface area (Å²) < 4.78 is 2.17. The standard InChI is InChI=1S/C17H21NO/c1-2-3-13-18-16(11-12-17(18)14-19)10-9-15-7-5-4-6-8-15/h4-8,11-12,14H,2-3,9-10,13H2,1H3. The van der Waals surface area contributed by atoms with E-state index >= 15 is 0 Å². The number of aryl methyl sites for hydroxylation is 2. The second kappa shape index (κ2) is 6.93. The van der Waals surface area contributed by atoms with E-state index in [0.29, 0.717) is 0 Å². The number of carbonyl (C=O) groups excluding carboxylic acids is 1. The van der Waals surface area contributed by atoms with Gasteiger partial charge in [0, 0.05) is 12.2 Å². The number of benzene rings is 1. The van der Waals surface area contributed by atoms with Crippen molar-refractivity contribution >= 4 is 6.29 Å². The van der Waals surface area contributed by atoms with E-state index in [1.165, 1.54) is 11.3 Å². The van der Waals surface area contributed by atoms with Crippen LogP contribution in [0.4, 0.5) is 0 Å². The molecule has 0 unspecified atom stereocenters. The second-order valence-corrected chi connectivity index (χ2v) is 4.86. The zero-order chi connectivity index (χ0) is 13.5. The molecule has 2 heteroatoms. The summed E-state index contributed by atoms with van der Waals surface area (Å²) in [5.74, 6) is 0. The Bertz CT molecular complexity index is 513. The third-order valence-electron chi connectivity index (χ3n) is 3.47. The Morgan fingerprint density at radius 2 is 1.84 bits per heavy atom. The van der Waals surface area contributed by atoms with Gasteiger partial charge >= 0.3 is 0 Å². The number of hydrogen-bond donors (Lipinski definition) is 0. The molecule has 0 aliphatic carbocycles. The third kappa shape index (κ3) is 3.57. The molecule has 2 nitrogen and oxygen atoms in total. The van der Waals surface area contributed by atoms with Crippen molar-refractivity contribution in [3.05, 3.63) is 59.4 Å². The predicted octanol–water partition coefficient (Wildman–Crippen LogP) is 3.89. The average Bonchev–Trinajstić information content (AvgIpc) is 2.86. The molecule has 1 aromatic carbocycles. The normalized spacial score (nSPS) is 10.6. The van der Waals surface area contributed by atoms with Gasteiger partial charge in [-0.15, -0.1) is 0 Å². The van der Waals surface area contributed by atoms with Crippen molar-refractivity contribution in [1.82, 2.24) is 4.57 Å². The molecule has 0 aliphatic heterocycles. The number of hydrogen-bond acceptors (Lipinski definition) is 1. The molecule has 2 rings (SSSR count). The Morgan fingerprint density at radius 1 is 1.05 bits per heavy atom. The maximum atomic E-state index is 11.1. The maximum absolute atomic E-state index is 11.1. The lowest BCUT2D eigenvalue weighted by Gasteiger charge is -2.10. The van der Waals surface area contributed by atoms with Crippen LogP contribution in [0.25, 0.3) is 0 Å². The molecular formula is C17H21NO. The van der Waals surface area contributed by atoms with E-state index in [2.05, 4.69) is 41.8 Å². The van der Waals surface area contributed by atoms with Crippen molar-refractivity contribution in [3.63, 3.8) is 0 Å². The highest BCUT2D eigenvalue weighted by Gasteiger charge is 2.07. The molecule has 0 radical (unpaired) electrons. The van der Waals surface area contributed by atoms with Crippen LogP contribution in [0, 0.1) is 0 Å². The fourth-order valence-electron chi connectivity index (χ4n) is 2.35. The first-order chi connectivity index (χ1) is 9.35. The van der Waals surface area contributed by atoms with E-state index in [0.717, 1.165) is 44.2 Å². The average molecular weight is 255 g/mol. The summed E-state index contributed by atoms with van der Waals surface area (Å²) in [6, 6.07) is 14.5. The molecule has 0 amide bonds. The topological polar surface area (TPSA) is 22.0 Å². The van der Waals surface area contributed by atoms with Gasteiger partial charge in [-0.3, -0.25) is 4.79 Å².